The van der Waals surface area contributed by atoms with Crippen molar-refractivity contribution in [2.24, 2.45) is 10.8 Å². The summed E-state index contributed by atoms with van der Waals surface area (Å²) < 4.78 is 0. The van der Waals surface area contributed by atoms with Crippen LogP contribution in [0.1, 0.15) is 61.1 Å². The highest BCUT2D eigenvalue weighted by molar-refractivity contribution is 5.92. The first-order valence-corrected chi connectivity index (χ1v) is 7.75. The van der Waals surface area contributed by atoms with Gasteiger partial charge in [-0.05, 0) is 48.8 Å². The Balaban J connectivity index is 0.00000144. The van der Waals surface area contributed by atoms with Crippen LogP contribution in [0.2, 0.25) is 0 Å². The molecule has 0 aliphatic heterocycles. The second kappa shape index (κ2) is 4.42. The number of carbonyl (C=O) groups excluding carboxylic acids is 1. The number of rotatable bonds is 1. The van der Waals surface area contributed by atoms with Crippen molar-refractivity contribution in [1.82, 2.24) is 0 Å². The van der Waals surface area contributed by atoms with E-state index >= 15 is 0 Å². The molecule has 1 aromatic rings. The molecular formula is C18H22O4. The summed E-state index contributed by atoms with van der Waals surface area (Å²) >= 11 is 0. The van der Waals surface area contributed by atoms with Gasteiger partial charge in [-0.3, -0.25) is 9.59 Å². The Morgan fingerprint density at radius 2 is 2.09 bits per heavy atom. The van der Waals surface area contributed by atoms with Gasteiger partial charge in [0.1, 0.15) is 5.78 Å². The molecule has 3 aliphatic rings. The Bertz CT molecular complexity index is 680. The van der Waals surface area contributed by atoms with Gasteiger partial charge in [0.05, 0.1) is 5.92 Å². The van der Waals surface area contributed by atoms with Crippen LogP contribution < -0.4 is 0 Å². The zero-order valence-electron chi connectivity index (χ0n) is 13.0. The molecule has 118 valence electrons. The quantitative estimate of drug-likeness (QED) is 0.865. The number of aryl methyl sites for hydroxylation is 1. The molecule has 22 heavy (non-hydrogen) atoms. The largest absolute Gasteiger partial charge is 0.481 e. The molecule has 0 unspecified atom stereocenters. The molecule has 2 fully saturated rings. The highest BCUT2D eigenvalue weighted by Gasteiger charge is 2.66. The van der Waals surface area contributed by atoms with Gasteiger partial charge in [0.25, 0.3) is 0 Å². The van der Waals surface area contributed by atoms with Crippen LogP contribution in [0.4, 0.5) is 0 Å². The van der Waals surface area contributed by atoms with Gasteiger partial charge in [0.15, 0.2) is 0 Å². The van der Waals surface area contributed by atoms with Crippen LogP contribution in [-0.2, 0) is 9.59 Å². The molecule has 0 radical (unpaired) electrons. The molecule has 0 amide bonds. The van der Waals surface area contributed by atoms with Crippen molar-refractivity contribution in [2.75, 3.05) is 0 Å². The number of aliphatic carboxylic acids is 1. The third kappa shape index (κ3) is 1.56. The summed E-state index contributed by atoms with van der Waals surface area (Å²) in [5.41, 5.74) is 2.59. The summed E-state index contributed by atoms with van der Waals surface area (Å²) in [4.78, 5) is 24.6. The fourth-order valence-electron chi connectivity index (χ4n) is 5.55. The van der Waals surface area contributed by atoms with Crippen LogP contribution in [0, 0.1) is 17.8 Å². The van der Waals surface area contributed by atoms with Gasteiger partial charge in [-0.2, -0.15) is 0 Å². The molecule has 2 bridgehead atoms. The van der Waals surface area contributed by atoms with E-state index in [9.17, 15) is 14.7 Å². The Hall–Kier alpha value is -1.68. The average molecular weight is 302 g/mol. The van der Waals surface area contributed by atoms with Crippen molar-refractivity contribution in [3.05, 3.63) is 34.9 Å². The second-order valence-corrected chi connectivity index (χ2v) is 7.51. The number of benzene rings is 1. The number of hydrogen-bond donors (Lipinski definition) is 1. The van der Waals surface area contributed by atoms with Crippen molar-refractivity contribution in [2.45, 2.75) is 51.4 Å². The van der Waals surface area contributed by atoms with E-state index in [1.165, 1.54) is 5.56 Å². The van der Waals surface area contributed by atoms with Crippen molar-refractivity contribution in [3.63, 3.8) is 0 Å². The Morgan fingerprint density at radius 1 is 1.36 bits per heavy atom. The maximum Gasteiger partial charge on any atom is 0.311 e. The fourth-order valence-corrected chi connectivity index (χ4v) is 5.55. The molecule has 2 saturated carbocycles. The molecule has 0 saturated heterocycles. The fraction of sp³-hybridized carbons (Fsp3) is 0.556. The van der Waals surface area contributed by atoms with E-state index in [0.717, 1.165) is 30.4 Å². The number of hydrogen-bond acceptors (Lipinski definition) is 2. The number of fused-ring (bicyclic) bond motifs is 3. The first-order chi connectivity index (χ1) is 9.89. The Labute approximate surface area is 129 Å². The number of ketones is 1. The molecule has 3 aliphatic carbocycles. The van der Waals surface area contributed by atoms with Crippen molar-refractivity contribution in [1.29, 1.82) is 0 Å². The zero-order valence-corrected chi connectivity index (χ0v) is 13.0. The first kappa shape index (κ1) is 15.2. The van der Waals surface area contributed by atoms with Crippen LogP contribution >= 0.6 is 0 Å². The lowest BCUT2D eigenvalue weighted by atomic mass is 9.61. The van der Waals surface area contributed by atoms with Crippen molar-refractivity contribution in [3.8, 4) is 0 Å². The van der Waals surface area contributed by atoms with E-state index in [2.05, 4.69) is 6.07 Å². The van der Waals surface area contributed by atoms with Gasteiger partial charge >= 0.3 is 5.97 Å². The normalized spacial score (nSPS) is 38.2. The summed E-state index contributed by atoms with van der Waals surface area (Å²) in [7, 11) is 0. The topological polar surface area (TPSA) is 85.9 Å². The highest BCUT2D eigenvalue weighted by Crippen LogP contribution is 2.71. The molecule has 0 aromatic heterocycles. The van der Waals surface area contributed by atoms with E-state index in [-0.39, 0.29) is 28.0 Å². The Morgan fingerprint density at radius 3 is 2.77 bits per heavy atom. The molecule has 4 atom stereocenters. The van der Waals surface area contributed by atoms with Crippen LogP contribution in [-0.4, -0.2) is 22.3 Å². The highest BCUT2D eigenvalue weighted by atomic mass is 16.4. The van der Waals surface area contributed by atoms with Crippen LogP contribution in [0.3, 0.4) is 0 Å². The maximum atomic E-state index is 12.5. The minimum absolute atomic E-state index is 0. The maximum absolute atomic E-state index is 12.5. The standard InChI is InChI=1S/C18H20O3.H2O/c1-10-4-3-5-11-12-6-7-17(2)9-18(12,8-13(17)19)15(14(10)11)16(20)21;/h3-5,12,15H,6-9H2,1-2H3,(H,20,21);1H2/t12-,15-,17+,18-;/m1./s1. The summed E-state index contributed by atoms with van der Waals surface area (Å²) in [6, 6.07) is 6.11. The summed E-state index contributed by atoms with van der Waals surface area (Å²) in [5, 5.41) is 9.90. The van der Waals surface area contributed by atoms with E-state index in [1.54, 1.807) is 0 Å². The minimum Gasteiger partial charge on any atom is -0.481 e. The first-order valence-electron chi connectivity index (χ1n) is 7.75. The lowest BCUT2D eigenvalue weighted by Crippen LogP contribution is -2.36. The average Bonchev–Trinajstić information content (AvgIpc) is 2.79. The number of Topliss-reactive ketones (excluding diaryl/α,β-unsaturated/α-hetero) is 1. The smallest absolute Gasteiger partial charge is 0.311 e. The summed E-state index contributed by atoms with van der Waals surface area (Å²) in [6.07, 6.45) is 3.04. The summed E-state index contributed by atoms with van der Waals surface area (Å²) in [5.74, 6) is -0.744. The monoisotopic (exact) mass is 302 g/mol. The lowest BCUT2D eigenvalue weighted by Gasteiger charge is -2.41. The van der Waals surface area contributed by atoms with Gasteiger partial charge in [-0.15, -0.1) is 0 Å². The second-order valence-electron chi connectivity index (χ2n) is 7.51. The van der Waals surface area contributed by atoms with Crippen LogP contribution in [0.15, 0.2) is 18.2 Å². The van der Waals surface area contributed by atoms with Gasteiger partial charge in [0.2, 0.25) is 0 Å². The van der Waals surface area contributed by atoms with E-state index < -0.39 is 11.9 Å². The molecule has 3 N–H and O–H groups in total. The van der Waals surface area contributed by atoms with Gasteiger partial charge in [-0.25, -0.2) is 0 Å². The van der Waals surface area contributed by atoms with E-state index in [0.29, 0.717) is 6.42 Å². The molecule has 4 rings (SSSR count). The van der Waals surface area contributed by atoms with Crippen LogP contribution in [0.5, 0.6) is 0 Å². The zero-order chi connectivity index (χ0) is 15.0. The predicted molar refractivity (Wildman–Crippen MR) is 81.9 cm³/mol. The molecule has 4 heteroatoms. The van der Waals surface area contributed by atoms with Crippen molar-refractivity contribution >= 4 is 11.8 Å². The molecule has 1 spiro atoms. The number of carboxylic acids is 1. The van der Waals surface area contributed by atoms with Gasteiger partial charge in [-0.1, -0.05) is 25.1 Å². The lowest BCUT2D eigenvalue weighted by molar-refractivity contribution is -0.142. The molecule has 4 nitrogen and oxygen atoms in total. The summed E-state index contributed by atoms with van der Waals surface area (Å²) in [6.45, 7) is 4.04. The van der Waals surface area contributed by atoms with Gasteiger partial charge < -0.3 is 10.6 Å². The third-order valence-electron chi connectivity index (χ3n) is 6.40. The molecule has 0 heterocycles. The molecule has 1 aromatic carbocycles. The third-order valence-corrected chi connectivity index (χ3v) is 6.40. The van der Waals surface area contributed by atoms with Crippen LogP contribution in [0.25, 0.3) is 0 Å². The number of carbonyl (C=O) groups is 2. The minimum atomic E-state index is -0.757. The molecular weight excluding hydrogens is 280 g/mol. The SMILES string of the molecule is Cc1cccc2c1[C@H](C(=O)O)[C@@]13CC(=O)[C@@](C)(CC[C@H]21)C3.O. The number of carboxylic acid groups (broad SMARTS) is 1. The predicted octanol–water partition coefficient (Wildman–Crippen LogP) is 2.59. The van der Waals surface area contributed by atoms with Gasteiger partial charge in [0, 0.05) is 17.3 Å². The van der Waals surface area contributed by atoms with E-state index in [4.69, 9.17) is 0 Å². The van der Waals surface area contributed by atoms with Crippen molar-refractivity contribution < 1.29 is 20.2 Å². The Kier molecular flexibility index (Phi) is 3.06. The van der Waals surface area contributed by atoms with E-state index in [1.807, 2.05) is 26.0 Å².